The Morgan fingerprint density at radius 2 is 1.11 bits per heavy atom. The zero-order chi connectivity index (χ0) is 14.0. The predicted octanol–water partition coefficient (Wildman–Crippen LogP) is 6.99. The molecule has 0 fully saturated rings. The standard InChI is InChI=1S/C19H34/c1-3-5-7-9-11-13-15-17-19-18-16-14-12-10-8-6-4-2/h13-17,19H,3-12,18H2,1-2H3/b15-13+,16-14-,19-17-. The first kappa shape index (κ1) is 18.2. The Hall–Kier alpha value is -0.780. The van der Waals surface area contributed by atoms with Crippen LogP contribution in [-0.2, 0) is 0 Å². The lowest BCUT2D eigenvalue weighted by Crippen LogP contribution is -1.73. The second kappa shape index (κ2) is 17.2. The molecule has 0 spiro atoms. The lowest BCUT2D eigenvalue weighted by molar-refractivity contribution is 0.674. The van der Waals surface area contributed by atoms with Gasteiger partial charge in [-0.2, -0.15) is 0 Å². The van der Waals surface area contributed by atoms with Crippen LogP contribution in [0.5, 0.6) is 0 Å². The fourth-order valence-electron chi connectivity index (χ4n) is 2.00. The Balaban J connectivity index is 3.28. The topological polar surface area (TPSA) is 0 Å². The zero-order valence-electron chi connectivity index (χ0n) is 13.2. The maximum absolute atomic E-state index is 2.33. The van der Waals surface area contributed by atoms with Crippen LogP contribution in [0.4, 0.5) is 0 Å². The molecular formula is C19H34. The quantitative estimate of drug-likeness (QED) is 0.191. The van der Waals surface area contributed by atoms with Crippen LogP contribution >= 0.6 is 0 Å². The molecule has 0 aliphatic carbocycles. The van der Waals surface area contributed by atoms with Gasteiger partial charge in [0.15, 0.2) is 0 Å². The number of unbranched alkanes of at least 4 members (excludes halogenated alkanes) is 8. The molecule has 0 bridgehead atoms. The molecule has 0 aromatic rings. The highest BCUT2D eigenvalue weighted by atomic mass is 13.9. The molecule has 0 heterocycles. The minimum absolute atomic E-state index is 1.08. The van der Waals surface area contributed by atoms with Gasteiger partial charge in [-0.05, 0) is 32.1 Å². The van der Waals surface area contributed by atoms with E-state index in [-0.39, 0.29) is 0 Å². The third-order valence-electron chi connectivity index (χ3n) is 3.27. The molecule has 0 rings (SSSR count). The molecular weight excluding hydrogens is 228 g/mol. The molecule has 0 saturated heterocycles. The summed E-state index contributed by atoms with van der Waals surface area (Å²) in [5.41, 5.74) is 0. The van der Waals surface area contributed by atoms with Gasteiger partial charge in [-0.25, -0.2) is 0 Å². The molecule has 0 aliphatic rings. The largest absolute Gasteiger partial charge is 0.0882 e. The third kappa shape index (κ3) is 17.2. The number of rotatable bonds is 13. The third-order valence-corrected chi connectivity index (χ3v) is 3.27. The smallest absolute Gasteiger partial charge is 0.0166 e. The summed E-state index contributed by atoms with van der Waals surface area (Å²) < 4.78 is 0. The minimum Gasteiger partial charge on any atom is -0.0882 e. The number of hydrogen-bond acceptors (Lipinski definition) is 0. The van der Waals surface area contributed by atoms with Gasteiger partial charge in [-0.3, -0.25) is 0 Å². The van der Waals surface area contributed by atoms with Gasteiger partial charge in [-0.1, -0.05) is 88.8 Å². The van der Waals surface area contributed by atoms with Gasteiger partial charge < -0.3 is 0 Å². The molecule has 0 unspecified atom stereocenters. The molecule has 0 heteroatoms. The Kier molecular flexibility index (Phi) is 16.5. The van der Waals surface area contributed by atoms with Crippen molar-refractivity contribution in [2.24, 2.45) is 0 Å². The van der Waals surface area contributed by atoms with Gasteiger partial charge in [0, 0.05) is 0 Å². The van der Waals surface area contributed by atoms with E-state index >= 15 is 0 Å². The minimum atomic E-state index is 1.08. The normalized spacial score (nSPS) is 12.3. The number of hydrogen-bond donors (Lipinski definition) is 0. The maximum atomic E-state index is 2.33. The molecule has 0 aromatic carbocycles. The van der Waals surface area contributed by atoms with E-state index in [4.69, 9.17) is 0 Å². The van der Waals surface area contributed by atoms with Crippen LogP contribution in [0, 0.1) is 0 Å². The van der Waals surface area contributed by atoms with Crippen LogP contribution in [0.3, 0.4) is 0 Å². The van der Waals surface area contributed by atoms with Crippen LogP contribution < -0.4 is 0 Å². The zero-order valence-corrected chi connectivity index (χ0v) is 13.2. The van der Waals surface area contributed by atoms with Gasteiger partial charge in [0.25, 0.3) is 0 Å². The van der Waals surface area contributed by atoms with Crippen molar-refractivity contribution < 1.29 is 0 Å². The van der Waals surface area contributed by atoms with Crippen LogP contribution in [0.2, 0.25) is 0 Å². The van der Waals surface area contributed by atoms with E-state index in [0.29, 0.717) is 0 Å². The molecule has 0 nitrogen and oxygen atoms in total. The summed E-state index contributed by atoms with van der Waals surface area (Å²) in [5.74, 6) is 0. The second-order valence-electron chi connectivity index (χ2n) is 5.26. The van der Waals surface area contributed by atoms with Crippen LogP contribution in [0.25, 0.3) is 0 Å². The molecule has 0 amide bonds. The number of allylic oxidation sites excluding steroid dienone is 6. The fourth-order valence-corrected chi connectivity index (χ4v) is 2.00. The first-order chi connectivity index (χ1) is 9.41. The summed E-state index contributed by atoms with van der Waals surface area (Å²) in [6.07, 6.45) is 28.0. The lowest BCUT2D eigenvalue weighted by Gasteiger charge is -1.93. The van der Waals surface area contributed by atoms with E-state index in [0.717, 1.165) is 6.42 Å². The molecule has 0 saturated carbocycles. The maximum Gasteiger partial charge on any atom is -0.0166 e. The highest BCUT2D eigenvalue weighted by molar-refractivity contribution is 5.04. The van der Waals surface area contributed by atoms with Crippen molar-refractivity contribution in [3.05, 3.63) is 36.5 Å². The summed E-state index contributed by atoms with van der Waals surface area (Å²) >= 11 is 0. The van der Waals surface area contributed by atoms with Crippen molar-refractivity contribution >= 4 is 0 Å². The molecule has 0 aliphatic heterocycles. The Labute approximate surface area is 121 Å². The summed E-state index contributed by atoms with van der Waals surface area (Å²) in [5, 5.41) is 0. The first-order valence-electron chi connectivity index (χ1n) is 8.38. The summed E-state index contributed by atoms with van der Waals surface area (Å²) in [4.78, 5) is 0. The van der Waals surface area contributed by atoms with Crippen molar-refractivity contribution in [1.29, 1.82) is 0 Å². The predicted molar refractivity (Wildman–Crippen MR) is 89.6 cm³/mol. The van der Waals surface area contributed by atoms with Crippen molar-refractivity contribution in [1.82, 2.24) is 0 Å². The molecule has 0 radical (unpaired) electrons. The van der Waals surface area contributed by atoms with Gasteiger partial charge in [-0.15, -0.1) is 0 Å². The average molecular weight is 262 g/mol. The first-order valence-corrected chi connectivity index (χ1v) is 8.38. The summed E-state index contributed by atoms with van der Waals surface area (Å²) in [7, 11) is 0. The average Bonchev–Trinajstić information content (AvgIpc) is 2.43. The van der Waals surface area contributed by atoms with Gasteiger partial charge in [0.2, 0.25) is 0 Å². The van der Waals surface area contributed by atoms with Crippen molar-refractivity contribution in [2.45, 2.75) is 84.5 Å². The Morgan fingerprint density at radius 3 is 1.74 bits per heavy atom. The Morgan fingerprint density at radius 1 is 0.526 bits per heavy atom. The van der Waals surface area contributed by atoms with Crippen molar-refractivity contribution in [2.75, 3.05) is 0 Å². The second-order valence-corrected chi connectivity index (χ2v) is 5.26. The van der Waals surface area contributed by atoms with Crippen LogP contribution in [0.1, 0.15) is 84.5 Å². The SMILES string of the molecule is CCCCCC/C=C\C/C=C\C=C\CCCCCC. The monoisotopic (exact) mass is 262 g/mol. The van der Waals surface area contributed by atoms with E-state index in [2.05, 4.69) is 50.3 Å². The molecule has 0 N–H and O–H groups in total. The molecule has 0 atom stereocenters. The summed E-state index contributed by atoms with van der Waals surface area (Å²) in [6, 6.07) is 0. The highest BCUT2D eigenvalue weighted by Gasteiger charge is 1.84. The van der Waals surface area contributed by atoms with Crippen LogP contribution in [0.15, 0.2) is 36.5 Å². The molecule has 110 valence electrons. The lowest BCUT2D eigenvalue weighted by atomic mass is 10.1. The van der Waals surface area contributed by atoms with Gasteiger partial charge in [0.05, 0.1) is 0 Å². The van der Waals surface area contributed by atoms with E-state index < -0.39 is 0 Å². The van der Waals surface area contributed by atoms with Crippen molar-refractivity contribution in [3.63, 3.8) is 0 Å². The van der Waals surface area contributed by atoms with Gasteiger partial charge in [0.1, 0.15) is 0 Å². The van der Waals surface area contributed by atoms with E-state index in [1.54, 1.807) is 0 Å². The van der Waals surface area contributed by atoms with E-state index in [1.165, 1.54) is 64.2 Å². The van der Waals surface area contributed by atoms with E-state index in [1.807, 2.05) is 0 Å². The molecule has 19 heavy (non-hydrogen) atoms. The summed E-state index contributed by atoms with van der Waals surface area (Å²) in [6.45, 7) is 4.52. The van der Waals surface area contributed by atoms with E-state index in [9.17, 15) is 0 Å². The Bertz CT molecular complexity index is 232. The van der Waals surface area contributed by atoms with Crippen LogP contribution in [-0.4, -0.2) is 0 Å². The molecule has 0 aromatic heterocycles. The van der Waals surface area contributed by atoms with Gasteiger partial charge >= 0.3 is 0 Å². The van der Waals surface area contributed by atoms with Crippen molar-refractivity contribution in [3.8, 4) is 0 Å². The highest BCUT2D eigenvalue weighted by Crippen LogP contribution is 2.04. The fraction of sp³-hybridized carbons (Fsp3) is 0.684.